The summed E-state index contributed by atoms with van der Waals surface area (Å²) in [5.41, 5.74) is 1.35. The van der Waals surface area contributed by atoms with Crippen molar-refractivity contribution in [2.45, 2.75) is 163 Å². The molecular formula is C41H74NO7P. The summed E-state index contributed by atoms with van der Waals surface area (Å²) in [7, 11) is -3.50. The van der Waals surface area contributed by atoms with Crippen molar-refractivity contribution >= 4 is 13.7 Å². The van der Waals surface area contributed by atoms with Crippen molar-refractivity contribution in [3.8, 4) is 0 Å². The van der Waals surface area contributed by atoms with Crippen LogP contribution < -0.4 is 5.32 Å². The van der Waals surface area contributed by atoms with Gasteiger partial charge in [0, 0.05) is 19.6 Å². The van der Waals surface area contributed by atoms with Crippen LogP contribution in [0.1, 0.15) is 146 Å². The molecule has 290 valence electrons. The van der Waals surface area contributed by atoms with Crippen molar-refractivity contribution in [3.63, 3.8) is 0 Å². The van der Waals surface area contributed by atoms with E-state index in [9.17, 15) is 14.3 Å². The molecule has 50 heavy (non-hydrogen) atoms. The van der Waals surface area contributed by atoms with E-state index in [0.717, 1.165) is 74.3 Å². The molecule has 0 saturated heterocycles. The van der Waals surface area contributed by atoms with E-state index >= 15 is 0 Å². The van der Waals surface area contributed by atoms with Gasteiger partial charge < -0.3 is 28.9 Å². The summed E-state index contributed by atoms with van der Waals surface area (Å²) in [4.78, 5) is 22.1. The lowest BCUT2D eigenvalue weighted by atomic mass is 9.47. The molecule has 0 aromatic rings. The molecule has 1 amide bonds. The van der Waals surface area contributed by atoms with Gasteiger partial charge in [0.25, 0.3) is 0 Å². The molecule has 4 aliphatic carbocycles. The zero-order valence-electron chi connectivity index (χ0n) is 33.5. The number of alkyl carbamates (subject to hydrolysis) is 1. The molecule has 0 bridgehead atoms. The van der Waals surface area contributed by atoms with Gasteiger partial charge >= 0.3 is 13.7 Å². The maximum Gasteiger partial charge on any atom is 0.407 e. The second-order valence-corrected chi connectivity index (χ2v) is 20.7. The molecule has 8 nitrogen and oxygen atoms in total. The lowest BCUT2D eigenvalue weighted by Crippen LogP contribution is -2.51. The number of allylic oxidation sites excluding steroid dienone is 1. The lowest BCUT2D eigenvalue weighted by molar-refractivity contribution is -0.125. The van der Waals surface area contributed by atoms with Gasteiger partial charge in [0.05, 0.1) is 31.0 Å². The number of hydrogen-bond donors (Lipinski definition) is 2. The Kier molecular flexibility index (Phi) is 14.3. The highest BCUT2D eigenvalue weighted by atomic mass is 31.2. The molecule has 0 heterocycles. The number of carbonyl (C=O) groups excluding carboxylic acids is 1. The highest BCUT2D eigenvalue weighted by Gasteiger charge is 2.59. The molecule has 9 unspecified atom stereocenters. The molecule has 0 aromatic carbocycles. The molecule has 0 aromatic heterocycles. The average molecular weight is 724 g/mol. The summed E-state index contributed by atoms with van der Waals surface area (Å²) in [6.45, 7) is 22.7. The van der Waals surface area contributed by atoms with Crippen LogP contribution in [0, 0.1) is 46.3 Å². The third-order valence-corrected chi connectivity index (χ3v) is 14.1. The van der Waals surface area contributed by atoms with Crippen LogP contribution in [0.15, 0.2) is 11.6 Å². The van der Waals surface area contributed by atoms with Crippen LogP contribution in [0.4, 0.5) is 4.79 Å². The monoisotopic (exact) mass is 724 g/mol. The molecule has 3 saturated carbocycles. The van der Waals surface area contributed by atoms with Gasteiger partial charge in [-0.25, -0.2) is 4.79 Å². The minimum Gasteiger partial charge on any atom is -0.446 e. The van der Waals surface area contributed by atoms with Crippen molar-refractivity contribution in [3.05, 3.63) is 11.6 Å². The van der Waals surface area contributed by atoms with Gasteiger partial charge in [-0.05, 0) is 132 Å². The van der Waals surface area contributed by atoms with E-state index in [1.165, 1.54) is 51.4 Å². The van der Waals surface area contributed by atoms with Crippen molar-refractivity contribution in [1.82, 2.24) is 5.32 Å². The quantitative estimate of drug-likeness (QED) is 0.0824. The van der Waals surface area contributed by atoms with Crippen LogP contribution in [0.25, 0.3) is 0 Å². The fourth-order valence-electron chi connectivity index (χ4n) is 10.7. The molecule has 3 fully saturated rings. The first-order valence-corrected chi connectivity index (χ1v) is 22.1. The maximum atomic E-state index is 12.8. The van der Waals surface area contributed by atoms with Gasteiger partial charge in [-0.15, -0.1) is 0 Å². The van der Waals surface area contributed by atoms with Gasteiger partial charge in [-0.1, -0.05) is 65.5 Å². The summed E-state index contributed by atoms with van der Waals surface area (Å²) in [6.07, 6.45) is 17.7. The summed E-state index contributed by atoms with van der Waals surface area (Å²) >= 11 is 0. The van der Waals surface area contributed by atoms with Gasteiger partial charge in [-0.3, -0.25) is 4.57 Å². The number of amides is 1. The van der Waals surface area contributed by atoms with E-state index in [4.69, 9.17) is 18.7 Å². The zero-order chi connectivity index (χ0) is 37.0. The van der Waals surface area contributed by atoms with E-state index in [2.05, 4.69) is 46.0 Å². The number of ether oxygens (including phenoxy) is 3. The Bertz CT molecular complexity index is 1200. The van der Waals surface area contributed by atoms with E-state index in [0.29, 0.717) is 18.6 Å². The highest BCUT2D eigenvalue weighted by Crippen LogP contribution is 2.67. The topological polar surface area (TPSA) is 103 Å². The molecule has 9 heteroatoms. The van der Waals surface area contributed by atoms with Crippen molar-refractivity contribution < 1.29 is 33.0 Å². The van der Waals surface area contributed by atoms with Crippen LogP contribution in [0.5, 0.6) is 0 Å². The van der Waals surface area contributed by atoms with E-state index in [1.807, 2.05) is 27.7 Å². The highest BCUT2D eigenvalue weighted by molar-refractivity contribution is 7.51. The number of rotatable bonds is 18. The average Bonchev–Trinajstić information content (AvgIpc) is 3.37. The zero-order valence-corrected chi connectivity index (χ0v) is 34.4. The van der Waals surface area contributed by atoms with Gasteiger partial charge in [0.15, 0.2) is 0 Å². The second-order valence-electron chi connectivity index (χ2n) is 18.9. The van der Waals surface area contributed by atoms with Gasteiger partial charge in [0.2, 0.25) is 0 Å². The Morgan fingerprint density at radius 2 is 1.72 bits per heavy atom. The summed E-state index contributed by atoms with van der Waals surface area (Å²) in [5.74, 6) is 4.98. The van der Waals surface area contributed by atoms with Crippen molar-refractivity contribution in [1.29, 1.82) is 0 Å². The standard InChI is InChI=1S/C41H74NO7P/c1-29(2)13-11-14-30(3)34-17-18-35-33-16-15-31-27-32(19-22-40(31,8)36(33)20-23-41(34,35)9)49-37(43)42-24-12-21-38(4,5)47-28-39(6,7)46-25-26-48-50(10,44)45/h15,29-30,32-36H,11-14,16-28H2,1-10H3,(H,42,43)(H,44,45). The molecule has 9 atom stereocenters. The molecule has 2 N–H and O–H groups in total. The summed E-state index contributed by atoms with van der Waals surface area (Å²) in [5, 5.41) is 2.99. The minimum atomic E-state index is -3.50. The molecular weight excluding hydrogens is 649 g/mol. The lowest BCUT2D eigenvalue weighted by Gasteiger charge is -2.58. The number of hydrogen-bond acceptors (Lipinski definition) is 6. The Morgan fingerprint density at radius 1 is 0.980 bits per heavy atom. The summed E-state index contributed by atoms with van der Waals surface area (Å²) < 4.78 is 34.1. The van der Waals surface area contributed by atoms with Gasteiger partial charge in [-0.2, -0.15) is 0 Å². The van der Waals surface area contributed by atoms with Crippen molar-refractivity contribution in [2.24, 2.45) is 46.3 Å². The Labute approximate surface area is 305 Å². The number of fused-ring (bicyclic) bond motifs is 5. The van der Waals surface area contributed by atoms with Crippen molar-refractivity contribution in [2.75, 3.05) is 33.0 Å². The number of nitrogens with one attached hydrogen (secondary N) is 1. The minimum absolute atomic E-state index is 0.0451. The first-order chi connectivity index (χ1) is 23.2. The SMILES string of the molecule is CC(C)CCCC(C)C1CCC2C3CC=C4CC(OC(=O)NCCCC(C)(C)OCC(C)(C)OCCOP(C)(=O)O)CCC4(C)C3CCC12C. The van der Waals surface area contributed by atoms with Gasteiger partial charge in [0.1, 0.15) is 6.10 Å². The molecule has 0 aliphatic heterocycles. The Balaban J connectivity index is 1.19. The fourth-order valence-corrected chi connectivity index (χ4v) is 11.1. The molecule has 4 aliphatic rings. The Morgan fingerprint density at radius 3 is 2.42 bits per heavy atom. The predicted molar refractivity (Wildman–Crippen MR) is 202 cm³/mol. The third kappa shape index (κ3) is 11.1. The van der Waals surface area contributed by atoms with E-state index in [-0.39, 0.29) is 30.8 Å². The summed E-state index contributed by atoms with van der Waals surface area (Å²) in [6, 6.07) is 0. The maximum absolute atomic E-state index is 12.8. The molecule has 4 rings (SSSR count). The van der Waals surface area contributed by atoms with Crippen LogP contribution in [0.3, 0.4) is 0 Å². The fraction of sp³-hybridized carbons (Fsp3) is 0.927. The largest absolute Gasteiger partial charge is 0.446 e. The first-order valence-electron chi connectivity index (χ1n) is 20.1. The van der Waals surface area contributed by atoms with Crippen LogP contribution in [-0.4, -0.2) is 61.3 Å². The van der Waals surface area contributed by atoms with E-state index < -0.39 is 18.8 Å². The molecule has 0 radical (unpaired) electrons. The number of carbonyl (C=O) groups is 1. The Hall–Kier alpha value is -0.920. The first kappa shape index (κ1) is 41.8. The second kappa shape index (κ2) is 17.0. The van der Waals surface area contributed by atoms with Crippen LogP contribution in [0.2, 0.25) is 0 Å². The predicted octanol–water partition coefficient (Wildman–Crippen LogP) is 10.3. The van der Waals surface area contributed by atoms with Crippen LogP contribution in [-0.2, 0) is 23.3 Å². The van der Waals surface area contributed by atoms with Crippen LogP contribution >= 0.6 is 7.60 Å². The molecule has 0 spiro atoms. The smallest absolute Gasteiger partial charge is 0.407 e. The normalized spacial score (nSPS) is 33.1. The van der Waals surface area contributed by atoms with E-state index in [1.54, 1.807) is 5.57 Å². The third-order valence-electron chi connectivity index (χ3n) is 13.5.